The van der Waals surface area contributed by atoms with Gasteiger partial charge in [0.1, 0.15) is 22.4 Å². The molecule has 0 aliphatic heterocycles. The Morgan fingerprint density at radius 2 is 2.27 bits per heavy atom. The lowest BCUT2D eigenvalue weighted by Gasteiger charge is -2.32. The number of rotatable bonds is 3. The quantitative estimate of drug-likeness (QED) is 0.886. The van der Waals surface area contributed by atoms with E-state index in [9.17, 15) is 0 Å². The number of nitrogens with one attached hydrogen (secondary N) is 1. The number of anilines is 2. The minimum atomic E-state index is 0.448. The molecule has 0 saturated heterocycles. The van der Waals surface area contributed by atoms with E-state index in [4.69, 9.17) is 5.73 Å². The molecule has 2 rings (SSSR count). The number of hydrogen-bond donors (Lipinski definition) is 2. The summed E-state index contributed by atoms with van der Waals surface area (Å²) in [5, 5.41) is 3.37. The third-order valence-corrected chi connectivity index (χ3v) is 3.82. The van der Waals surface area contributed by atoms with Crippen LogP contribution in [0.1, 0.15) is 26.2 Å². The highest BCUT2D eigenvalue weighted by Crippen LogP contribution is 2.32. The summed E-state index contributed by atoms with van der Waals surface area (Å²) in [6, 6.07) is 0.448. The van der Waals surface area contributed by atoms with Crippen LogP contribution in [0.25, 0.3) is 0 Å². The molecule has 1 aromatic heterocycles. The van der Waals surface area contributed by atoms with Gasteiger partial charge in [-0.2, -0.15) is 0 Å². The fraction of sp³-hybridized carbons (Fsp3) is 0.600. The largest absolute Gasteiger partial charge is 0.383 e. The normalized spacial score (nSPS) is 18.3. The second-order valence-electron chi connectivity index (χ2n) is 4.05. The first-order valence-corrected chi connectivity index (χ1v) is 6.00. The monoisotopic (exact) mass is 270 g/mol. The van der Waals surface area contributed by atoms with Crippen molar-refractivity contribution in [1.82, 2.24) is 9.97 Å². The van der Waals surface area contributed by atoms with E-state index in [-0.39, 0.29) is 0 Å². The van der Waals surface area contributed by atoms with Crippen molar-refractivity contribution in [2.24, 2.45) is 5.92 Å². The van der Waals surface area contributed by atoms with Crippen molar-refractivity contribution >= 4 is 27.6 Å². The minimum Gasteiger partial charge on any atom is -0.383 e. The van der Waals surface area contributed by atoms with Crippen LogP contribution >= 0.6 is 15.9 Å². The highest BCUT2D eigenvalue weighted by molar-refractivity contribution is 9.10. The van der Waals surface area contributed by atoms with Crippen LogP contribution < -0.4 is 11.1 Å². The molecule has 1 saturated carbocycles. The van der Waals surface area contributed by atoms with Gasteiger partial charge in [0, 0.05) is 6.04 Å². The Morgan fingerprint density at radius 1 is 1.53 bits per heavy atom. The number of nitrogen functional groups attached to an aromatic ring is 1. The molecule has 0 spiro atoms. The smallest absolute Gasteiger partial charge is 0.146 e. The zero-order chi connectivity index (χ0) is 10.8. The lowest BCUT2D eigenvalue weighted by Crippen LogP contribution is -2.31. The van der Waals surface area contributed by atoms with Crippen molar-refractivity contribution in [2.45, 2.75) is 32.2 Å². The number of hydrogen-bond acceptors (Lipinski definition) is 4. The van der Waals surface area contributed by atoms with Gasteiger partial charge in [-0.05, 0) is 41.6 Å². The molecule has 5 heteroatoms. The summed E-state index contributed by atoms with van der Waals surface area (Å²) >= 11 is 3.39. The summed E-state index contributed by atoms with van der Waals surface area (Å²) in [6.45, 7) is 2.19. The first-order chi connectivity index (χ1) is 7.18. The summed E-state index contributed by atoms with van der Waals surface area (Å²) < 4.78 is 0.760. The van der Waals surface area contributed by atoms with Gasteiger partial charge in [0.25, 0.3) is 0 Å². The van der Waals surface area contributed by atoms with Crippen molar-refractivity contribution in [3.63, 3.8) is 0 Å². The molecule has 1 aliphatic rings. The summed E-state index contributed by atoms with van der Waals surface area (Å²) in [5.41, 5.74) is 5.68. The molecule has 0 aromatic carbocycles. The zero-order valence-corrected chi connectivity index (χ0v) is 10.3. The van der Waals surface area contributed by atoms with Gasteiger partial charge in [-0.1, -0.05) is 6.42 Å². The Balaban J connectivity index is 2.06. The summed E-state index contributed by atoms with van der Waals surface area (Å²) in [6.07, 6.45) is 5.46. The Bertz CT molecular complexity index is 351. The van der Waals surface area contributed by atoms with Crippen molar-refractivity contribution in [3.8, 4) is 0 Å². The molecule has 4 nitrogen and oxygen atoms in total. The Hall–Kier alpha value is -0.840. The lowest BCUT2D eigenvalue weighted by molar-refractivity contribution is 0.285. The summed E-state index contributed by atoms with van der Waals surface area (Å²) in [5.74, 6) is 2.04. The van der Waals surface area contributed by atoms with Gasteiger partial charge in [0.15, 0.2) is 0 Å². The molecule has 1 fully saturated rings. The second kappa shape index (κ2) is 4.35. The highest BCUT2D eigenvalue weighted by atomic mass is 79.9. The Labute approximate surface area is 97.8 Å². The molecule has 1 aromatic rings. The Kier molecular flexibility index (Phi) is 3.09. The van der Waals surface area contributed by atoms with Gasteiger partial charge < -0.3 is 11.1 Å². The summed E-state index contributed by atoms with van der Waals surface area (Å²) in [4.78, 5) is 8.08. The molecule has 0 radical (unpaired) electrons. The van der Waals surface area contributed by atoms with E-state index in [1.54, 1.807) is 0 Å². The van der Waals surface area contributed by atoms with Crippen LogP contribution in [-0.4, -0.2) is 16.0 Å². The van der Waals surface area contributed by atoms with E-state index in [0.29, 0.717) is 11.9 Å². The van der Waals surface area contributed by atoms with E-state index in [1.807, 2.05) is 0 Å². The van der Waals surface area contributed by atoms with Crippen LogP contribution in [0, 0.1) is 5.92 Å². The topological polar surface area (TPSA) is 63.8 Å². The van der Waals surface area contributed by atoms with E-state index < -0.39 is 0 Å². The van der Waals surface area contributed by atoms with Gasteiger partial charge >= 0.3 is 0 Å². The molecule has 1 atom stereocenters. The van der Waals surface area contributed by atoms with Crippen LogP contribution in [-0.2, 0) is 0 Å². The van der Waals surface area contributed by atoms with Crippen LogP contribution in [0.15, 0.2) is 10.8 Å². The maximum absolute atomic E-state index is 5.68. The molecule has 1 unspecified atom stereocenters. The van der Waals surface area contributed by atoms with Crippen LogP contribution in [0.3, 0.4) is 0 Å². The summed E-state index contributed by atoms with van der Waals surface area (Å²) in [7, 11) is 0. The molecule has 1 heterocycles. The molecule has 1 aliphatic carbocycles. The van der Waals surface area contributed by atoms with Crippen molar-refractivity contribution in [2.75, 3.05) is 11.1 Å². The first kappa shape index (κ1) is 10.7. The first-order valence-electron chi connectivity index (χ1n) is 5.21. The average molecular weight is 271 g/mol. The number of aromatic nitrogens is 2. The third-order valence-electron chi connectivity index (χ3n) is 3.04. The maximum atomic E-state index is 5.68. The van der Waals surface area contributed by atoms with Gasteiger partial charge in [-0.3, -0.25) is 0 Å². The number of nitrogens with two attached hydrogens (primary N) is 1. The fourth-order valence-corrected chi connectivity index (χ4v) is 2.08. The SMILES string of the molecule is CC(Nc1ncnc(N)c1Br)C1CCC1. The molecule has 3 N–H and O–H groups in total. The maximum Gasteiger partial charge on any atom is 0.146 e. The molecular formula is C10H15BrN4. The van der Waals surface area contributed by atoms with Gasteiger partial charge in [0.2, 0.25) is 0 Å². The van der Waals surface area contributed by atoms with Crippen LogP contribution in [0.4, 0.5) is 11.6 Å². The van der Waals surface area contributed by atoms with Gasteiger partial charge in [-0.25, -0.2) is 9.97 Å². The minimum absolute atomic E-state index is 0.448. The standard InChI is InChI=1S/C10H15BrN4/c1-6(7-3-2-4-7)15-10-8(11)9(12)13-5-14-10/h5-7H,2-4H2,1H3,(H3,12,13,14,15). The second-order valence-corrected chi connectivity index (χ2v) is 4.84. The molecule has 82 valence electrons. The molecule has 15 heavy (non-hydrogen) atoms. The van der Waals surface area contributed by atoms with E-state index >= 15 is 0 Å². The molecular weight excluding hydrogens is 256 g/mol. The number of halogens is 1. The average Bonchev–Trinajstić information content (AvgIpc) is 2.10. The highest BCUT2D eigenvalue weighted by Gasteiger charge is 2.24. The van der Waals surface area contributed by atoms with Crippen LogP contribution in [0.5, 0.6) is 0 Å². The number of nitrogens with zero attached hydrogens (tertiary/aromatic N) is 2. The molecule has 0 bridgehead atoms. The fourth-order valence-electron chi connectivity index (χ4n) is 1.76. The van der Waals surface area contributed by atoms with E-state index in [0.717, 1.165) is 16.2 Å². The van der Waals surface area contributed by atoms with Crippen molar-refractivity contribution < 1.29 is 0 Å². The van der Waals surface area contributed by atoms with E-state index in [2.05, 4.69) is 38.1 Å². The predicted octanol–water partition coefficient (Wildman–Crippen LogP) is 2.42. The van der Waals surface area contributed by atoms with Crippen molar-refractivity contribution in [1.29, 1.82) is 0 Å². The van der Waals surface area contributed by atoms with Gasteiger partial charge in [-0.15, -0.1) is 0 Å². The predicted molar refractivity (Wildman–Crippen MR) is 64.6 cm³/mol. The van der Waals surface area contributed by atoms with Crippen molar-refractivity contribution in [3.05, 3.63) is 10.8 Å². The zero-order valence-electron chi connectivity index (χ0n) is 8.70. The molecule has 0 amide bonds. The third kappa shape index (κ3) is 2.22. The van der Waals surface area contributed by atoms with Crippen LogP contribution in [0.2, 0.25) is 0 Å². The van der Waals surface area contributed by atoms with E-state index in [1.165, 1.54) is 25.6 Å². The van der Waals surface area contributed by atoms with Gasteiger partial charge in [0.05, 0.1) is 0 Å². The Morgan fingerprint density at radius 3 is 2.87 bits per heavy atom. The lowest BCUT2D eigenvalue weighted by atomic mass is 9.80.